The molecule has 0 amide bonds. The number of esters is 1. The molecule has 1 aliphatic rings. The van der Waals surface area contributed by atoms with Gasteiger partial charge in [0.1, 0.15) is 0 Å². The van der Waals surface area contributed by atoms with Crippen molar-refractivity contribution in [2.24, 2.45) is 0 Å². The first-order chi connectivity index (χ1) is 10.3. The SMILES string of the molecule is COC(=O)c1cnn(-c2ccc(N3CCCCC3)cc2)c1. The summed E-state index contributed by atoms with van der Waals surface area (Å²) in [5.74, 6) is -0.369. The maximum absolute atomic E-state index is 11.4. The van der Waals surface area contributed by atoms with Gasteiger partial charge in [-0.25, -0.2) is 9.48 Å². The van der Waals surface area contributed by atoms with Gasteiger partial charge in [-0.2, -0.15) is 5.10 Å². The molecule has 0 aliphatic carbocycles. The summed E-state index contributed by atoms with van der Waals surface area (Å²) >= 11 is 0. The minimum absolute atomic E-state index is 0.369. The molecule has 1 aromatic heterocycles. The second-order valence-electron chi connectivity index (χ2n) is 5.23. The minimum Gasteiger partial charge on any atom is -0.465 e. The second kappa shape index (κ2) is 5.99. The van der Waals surface area contributed by atoms with Crippen LogP contribution in [-0.4, -0.2) is 35.9 Å². The third-order valence-electron chi connectivity index (χ3n) is 3.84. The molecule has 21 heavy (non-hydrogen) atoms. The molecule has 0 spiro atoms. The van der Waals surface area contributed by atoms with Gasteiger partial charge >= 0.3 is 5.97 Å². The van der Waals surface area contributed by atoms with E-state index in [-0.39, 0.29) is 5.97 Å². The van der Waals surface area contributed by atoms with Gasteiger partial charge in [-0.05, 0) is 43.5 Å². The van der Waals surface area contributed by atoms with E-state index in [1.54, 1.807) is 10.9 Å². The smallest absolute Gasteiger partial charge is 0.341 e. The van der Waals surface area contributed by atoms with E-state index in [9.17, 15) is 4.79 Å². The van der Waals surface area contributed by atoms with E-state index < -0.39 is 0 Å². The van der Waals surface area contributed by atoms with Crippen LogP contribution in [-0.2, 0) is 4.74 Å². The highest BCUT2D eigenvalue weighted by molar-refractivity contribution is 5.88. The van der Waals surface area contributed by atoms with Crippen molar-refractivity contribution >= 4 is 11.7 Å². The zero-order valence-corrected chi connectivity index (χ0v) is 12.2. The Hall–Kier alpha value is -2.30. The number of rotatable bonds is 3. The molecule has 5 nitrogen and oxygen atoms in total. The van der Waals surface area contributed by atoms with Gasteiger partial charge in [0.2, 0.25) is 0 Å². The number of nitrogens with zero attached hydrogens (tertiary/aromatic N) is 3. The van der Waals surface area contributed by atoms with Crippen LogP contribution in [0.5, 0.6) is 0 Å². The lowest BCUT2D eigenvalue weighted by atomic mass is 10.1. The van der Waals surface area contributed by atoms with Gasteiger partial charge in [0, 0.05) is 25.0 Å². The number of hydrogen-bond donors (Lipinski definition) is 0. The predicted octanol–water partition coefficient (Wildman–Crippen LogP) is 2.65. The molecule has 1 aromatic carbocycles. The summed E-state index contributed by atoms with van der Waals surface area (Å²) in [4.78, 5) is 13.8. The largest absolute Gasteiger partial charge is 0.465 e. The lowest BCUT2D eigenvalue weighted by molar-refractivity contribution is 0.0600. The van der Waals surface area contributed by atoms with Crippen LogP contribution < -0.4 is 4.90 Å². The van der Waals surface area contributed by atoms with E-state index in [1.165, 1.54) is 38.3 Å². The van der Waals surface area contributed by atoms with Gasteiger partial charge in [0.05, 0.1) is 24.6 Å². The van der Waals surface area contributed by atoms with Crippen LogP contribution >= 0.6 is 0 Å². The summed E-state index contributed by atoms with van der Waals surface area (Å²) in [5, 5.41) is 4.20. The maximum atomic E-state index is 11.4. The molecule has 1 fully saturated rings. The molecule has 0 atom stereocenters. The van der Waals surface area contributed by atoms with Crippen LogP contribution in [0.2, 0.25) is 0 Å². The number of benzene rings is 1. The number of aromatic nitrogens is 2. The number of piperidine rings is 1. The van der Waals surface area contributed by atoms with Crippen LogP contribution in [0.4, 0.5) is 5.69 Å². The highest BCUT2D eigenvalue weighted by Crippen LogP contribution is 2.21. The van der Waals surface area contributed by atoms with E-state index in [2.05, 4.69) is 26.9 Å². The molecule has 3 rings (SSSR count). The summed E-state index contributed by atoms with van der Waals surface area (Å²) in [6.45, 7) is 2.27. The number of carbonyl (C=O) groups is 1. The molecule has 0 saturated carbocycles. The van der Waals surface area contributed by atoms with Crippen molar-refractivity contribution in [3.8, 4) is 5.69 Å². The summed E-state index contributed by atoms with van der Waals surface area (Å²) < 4.78 is 6.37. The third-order valence-corrected chi connectivity index (χ3v) is 3.84. The van der Waals surface area contributed by atoms with E-state index in [1.807, 2.05) is 12.1 Å². The Labute approximate surface area is 124 Å². The molecular weight excluding hydrogens is 266 g/mol. The van der Waals surface area contributed by atoms with Crippen molar-refractivity contribution in [3.63, 3.8) is 0 Å². The second-order valence-corrected chi connectivity index (χ2v) is 5.23. The highest BCUT2D eigenvalue weighted by Gasteiger charge is 2.12. The number of carbonyl (C=O) groups excluding carboxylic acids is 1. The Kier molecular flexibility index (Phi) is 3.90. The van der Waals surface area contributed by atoms with Crippen molar-refractivity contribution in [3.05, 3.63) is 42.2 Å². The van der Waals surface area contributed by atoms with E-state index >= 15 is 0 Å². The van der Waals surface area contributed by atoms with Crippen molar-refractivity contribution in [2.45, 2.75) is 19.3 Å². The lowest BCUT2D eigenvalue weighted by Gasteiger charge is -2.28. The fourth-order valence-electron chi connectivity index (χ4n) is 2.66. The Morgan fingerprint density at radius 2 is 1.76 bits per heavy atom. The standard InChI is InChI=1S/C16H19N3O2/c1-21-16(20)13-11-17-19(12-13)15-7-5-14(6-8-15)18-9-3-2-4-10-18/h5-8,11-12H,2-4,9-10H2,1H3. The van der Waals surface area contributed by atoms with Gasteiger partial charge in [0.25, 0.3) is 0 Å². The summed E-state index contributed by atoms with van der Waals surface area (Å²) in [5.41, 5.74) is 2.64. The zero-order valence-electron chi connectivity index (χ0n) is 12.2. The monoisotopic (exact) mass is 285 g/mol. The van der Waals surface area contributed by atoms with Crippen LogP contribution in [0.1, 0.15) is 29.6 Å². The Balaban J connectivity index is 1.77. The molecule has 1 aliphatic heterocycles. The molecule has 0 radical (unpaired) electrons. The van der Waals surface area contributed by atoms with Crippen LogP contribution in [0.25, 0.3) is 5.69 Å². The van der Waals surface area contributed by atoms with E-state index in [0.717, 1.165) is 18.8 Å². The predicted molar refractivity (Wildman–Crippen MR) is 81.0 cm³/mol. The van der Waals surface area contributed by atoms with Gasteiger partial charge in [0.15, 0.2) is 0 Å². The fraction of sp³-hybridized carbons (Fsp3) is 0.375. The lowest BCUT2D eigenvalue weighted by Crippen LogP contribution is -2.29. The molecule has 2 heterocycles. The molecule has 0 N–H and O–H groups in total. The molecule has 0 bridgehead atoms. The average Bonchev–Trinajstić information content (AvgIpc) is 3.05. The topological polar surface area (TPSA) is 47.4 Å². The van der Waals surface area contributed by atoms with Gasteiger partial charge in [-0.15, -0.1) is 0 Å². The van der Waals surface area contributed by atoms with Crippen molar-refractivity contribution in [1.29, 1.82) is 0 Å². The summed E-state index contributed by atoms with van der Waals surface area (Å²) in [7, 11) is 1.37. The van der Waals surface area contributed by atoms with Crippen LogP contribution in [0, 0.1) is 0 Å². The highest BCUT2D eigenvalue weighted by atomic mass is 16.5. The molecule has 0 unspecified atom stereocenters. The molecule has 110 valence electrons. The molecular formula is C16H19N3O2. The maximum Gasteiger partial charge on any atom is 0.341 e. The minimum atomic E-state index is -0.369. The number of ether oxygens (including phenoxy) is 1. The first-order valence-corrected chi connectivity index (χ1v) is 7.26. The summed E-state index contributed by atoms with van der Waals surface area (Å²) in [6, 6.07) is 8.27. The van der Waals surface area contributed by atoms with Gasteiger partial charge in [-0.1, -0.05) is 0 Å². The Morgan fingerprint density at radius 3 is 2.43 bits per heavy atom. The van der Waals surface area contributed by atoms with Crippen LogP contribution in [0.15, 0.2) is 36.7 Å². The van der Waals surface area contributed by atoms with Gasteiger partial charge in [-0.3, -0.25) is 0 Å². The molecule has 1 saturated heterocycles. The Morgan fingerprint density at radius 1 is 1.10 bits per heavy atom. The molecule has 5 heteroatoms. The van der Waals surface area contributed by atoms with E-state index in [0.29, 0.717) is 5.56 Å². The van der Waals surface area contributed by atoms with Crippen LogP contribution in [0.3, 0.4) is 0 Å². The quantitative estimate of drug-likeness (QED) is 0.813. The Bertz CT molecular complexity index is 613. The third kappa shape index (κ3) is 2.91. The number of methoxy groups -OCH3 is 1. The number of anilines is 1. The van der Waals surface area contributed by atoms with Crippen molar-refractivity contribution < 1.29 is 9.53 Å². The van der Waals surface area contributed by atoms with Gasteiger partial charge < -0.3 is 9.64 Å². The van der Waals surface area contributed by atoms with Crippen molar-refractivity contribution in [2.75, 3.05) is 25.1 Å². The fourth-order valence-corrected chi connectivity index (χ4v) is 2.66. The molecule has 2 aromatic rings. The first kappa shape index (κ1) is 13.7. The van der Waals surface area contributed by atoms with E-state index in [4.69, 9.17) is 0 Å². The number of hydrogen-bond acceptors (Lipinski definition) is 4. The van der Waals surface area contributed by atoms with Crippen molar-refractivity contribution in [1.82, 2.24) is 9.78 Å². The summed E-state index contributed by atoms with van der Waals surface area (Å²) in [6.07, 6.45) is 7.07. The average molecular weight is 285 g/mol. The first-order valence-electron chi connectivity index (χ1n) is 7.26. The normalized spacial score (nSPS) is 15.0. The zero-order chi connectivity index (χ0) is 14.7.